The smallest absolute Gasteiger partial charge is 0.330 e. The summed E-state index contributed by atoms with van der Waals surface area (Å²) in [6.07, 6.45) is -1.18. The number of H-pyrrole nitrogens is 1. The van der Waals surface area contributed by atoms with Gasteiger partial charge < -0.3 is 14.9 Å². The van der Waals surface area contributed by atoms with E-state index in [1.807, 2.05) is 0 Å². The molecule has 0 radical (unpaired) electrons. The molecule has 2 aliphatic rings. The average molecular weight is 425 g/mol. The van der Waals surface area contributed by atoms with Gasteiger partial charge >= 0.3 is 5.69 Å². The summed E-state index contributed by atoms with van der Waals surface area (Å²) in [5.41, 5.74) is -0.718. The number of imide groups is 1. The Bertz CT molecular complexity index is 1180. The predicted octanol–water partition coefficient (Wildman–Crippen LogP) is -0.785. The van der Waals surface area contributed by atoms with Gasteiger partial charge in [-0.2, -0.15) is 0 Å². The molecule has 2 aliphatic heterocycles. The monoisotopic (exact) mass is 425 g/mol. The second-order valence-electron chi connectivity index (χ2n) is 7.18. The molecule has 4 rings (SSSR count). The molecule has 1 aromatic carbocycles. The number of amides is 2. The number of aliphatic hydroxyl groups excluding tert-OH is 2. The van der Waals surface area contributed by atoms with E-state index in [0.29, 0.717) is 11.1 Å². The van der Waals surface area contributed by atoms with Crippen molar-refractivity contribution in [2.45, 2.75) is 31.3 Å². The third-order valence-electron chi connectivity index (χ3n) is 5.22. The highest BCUT2D eigenvalue weighted by Gasteiger charge is 2.35. The standard InChI is InChI=1S/C21H19N3O7/c25-11-16-15(26)9-17(31-16)24-10-12(18(27)22-21(24)30)5-3-4-8-23-19(28)13-6-1-2-7-14(13)20(23)29/h1-2,6-7,10,15-17,25-26H,4,8-9,11H2,(H,22,27,30)/t15?,16-,17-/m0/s1. The summed E-state index contributed by atoms with van der Waals surface area (Å²) in [6, 6.07) is 6.55. The van der Waals surface area contributed by atoms with Gasteiger partial charge in [0.15, 0.2) is 0 Å². The molecule has 31 heavy (non-hydrogen) atoms. The molecule has 1 aromatic heterocycles. The normalized spacial score (nSPS) is 22.4. The van der Waals surface area contributed by atoms with E-state index in [0.717, 1.165) is 9.47 Å². The third-order valence-corrected chi connectivity index (χ3v) is 5.22. The average Bonchev–Trinajstić information content (AvgIpc) is 3.24. The van der Waals surface area contributed by atoms with Crippen molar-refractivity contribution in [2.24, 2.45) is 0 Å². The topological polar surface area (TPSA) is 142 Å². The molecule has 0 aliphatic carbocycles. The number of aliphatic hydroxyl groups is 2. The van der Waals surface area contributed by atoms with Crippen LogP contribution in [0.1, 0.15) is 45.3 Å². The summed E-state index contributed by atoms with van der Waals surface area (Å²) in [5, 5.41) is 19.1. The number of hydrogen-bond donors (Lipinski definition) is 3. The zero-order valence-electron chi connectivity index (χ0n) is 16.3. The van der Waals surface area contributed by atoms with E-state index in [2.05, 4.69) is 16.8 Å². The molecule has 1 fully saturated rings. The first-order valence-electron chi connectivity index (χ1n) is 9.64. The lowest BCUT2D eigenvalue weighted by Gasteiger charge is -2.14. The summed E-state index contributed by atoms with van der Waals surface area (Å²) in [7, 11) is 0. The number of rotatable bonds is 4. The fourth-order valence-corrected chi connectivity index (χ4v) is 3.61. The first-order valence-corrected chi connectivity index (χ1v) is 9.64. The Morgan fingerprint density at radius 3 is 2.42 bits per heavy atom. The van der Waals surface area contributed by atoms with Crippen LogP contribution in [-0.2, 0) is 4.74 Å². The maximum Gasteiger partial charge on any atom is 0.330 e. The quantitative estimate of drug-likeness (QED) is 0.431. The van der Waals surface area contributed by atoms with Crippen LogP contribution in [0.25, 0.3) is 0 Å². The van der Waals surface area contributed by atoms with Gasteiger partial charge in [0.1, 0.15) is 17.9 Å². The lowest BCUT2D eigenvalue weighted by molar-refractivity contribution is -0.0459. The number of carbonyl (C=O) groups excluding carboxylic acids is 2. The van der Waals surface area contributed by atoms with Crippen LogP contribution in [0.2, 0.25) is 0 Å². The largest absolute Gasteiger partial charge is 0.394 e. The van der Waals surface area contributed by atoms with Crippen molar-refractivity contribution in [1.82, 2.24) is 14.5 Å². The summed E-state index contributed by atoms with van der Waals surface area (Å²) in [4.78, 5) is 52.1. The van der Waals surface area contributed by atoms with Crippen molar-refractivity contribution < 1.29 is 24.5 Å². The van der Waals surface area contributed by atoms with Gasteiger partial charge in [0.2, 0.25) is 0 Å². The number of hydrogen-bond acceptors (Lipinski definition) is 7. The Balaban J connectivity index is 1.48. The van der Waals surface area contributed by atoms with Crippen molar-refractivity contribution in [3.05, 3.63) is 68.0 Å². The van der Waals surface area contributed by atoms with Crippen molar-refractivity contribution in [2.75, 3.05) is 13.2 Å². The Morgan fingerprint density at radius 2 is 1.81 bits per heavy atom. The molecule has 160 valence electrons. The molecule has 10 nitrogen and oxygen atoms in total. The van der Waals surface area contributed by atoms with Crippen LogP contribution >= 0.6 is 0 Å². The SMILES string of the molecule is O=C1c2ccccc2C(=O)N1CCC#Cc1cn([C@@H]2CC(O)[C@H](CO)O2)c(=O)[nH]c1=O. The van der Waals surface area contributed by atoms with Gasteiger partial charge in [-0.3, -0.25) is 28.8 Å². The predicted molar refractivity (Wildman–Crippen MR) is 106 cm³/mol. The van der Waals surface area contributed by atoms with Gasteiger partial charge in [0.25, 0.3) is 17.4 Å². The van der Waals surface area contributed by atoms with E-state index < -0.39 is 36.3 Å². The van der Waals surface area contributed by atoms with Crippen LogP contribution in [0.3, 0.4) is 0 Å². The van der Waals surface area contributed by atoms with Crippen LogP contribution in [0.4, 0.5) is 0 Å². The van der Waals surface area contributed by atoms with Crippen LogP contribution in [0.15, 0.2) is 40.1 Å². The van der Waals surface area contributed by atoms with Crippen LogP contribution in [0.5, 0.6) is 0 Å². The molecule has 0 bridgehead atoms. The van der Waals surface area contributed by atoms with E-state index in [1.165, 1.54) is 6.20 Å². The molecule has 3 atom stereocenters. The molecule has 10 heteroatoms. The highest BCUT2D eigenvalue weighted by atomic mass is 16.5. The van der Waals surface area contributed by atoms with E-state index in [1.54, 1.807) is 24.3 Å². The fourth-order valence-electron chi connectivity index (χ4n) is 3.61. The fraction of sp³-hybridized carbons (Fsp3) is 0.333. The molecular formula is C21H19N3O7. The minimum atomic E-state index is -0.942. The maximum absolute atomic E-state index is 12.3. The number of benzene rings is 1. The zero-order chi connectivity index (χ0) is 22.1. The molecule has 0 spiro atoms. The molecule has 3 heterocycles. The summed E-state index contributed by atoms with van der Waals surface area (Å²) in [6.45, 7) is -0.340. The Labute approximate surface area is 175 Å². The van der Waals surface area contributed by atoms with Crippen molar-refractivity contribution in [1.29, 1.82) is 0 Å². The second kappa shape index (κ2) is 8.31. The maximum atomic E-state index is 12.3. The van der Waals surface area contributed by atoms with Gasteiger partial charge in [0, 0.05) is 25.6 Å². The highest BCUT2D eigenvalue weighted by Crippen LogP contribution is 2.27. The second-order valence-corrected chi connectivity index (χ2v) is 7.18. The van der Waals surface area contributed by atoms with Gasteiger partial charge in [-0.1, -0.05) is 24.0 Å². The minimum absolute atomic E-state index is 0.00695. The van der Waals surface area contributed by atoms with Gasteiger partial charge in [0.05, 0.1) is 23.8 Å². The summed E-state index contributed by atoms with van der Waals surface area (Å²) >= 11 is 0. The highest BCUT2D eigenvalue weighted by molar-refractivity contribution is 6.21. The van der Waals surface area contributed by atoms with Crippen molar-refractivity contribution in [3.8, 4) is 11.8 Å². The first kappa shape index (κ1) is 20.7. The number of carbonyl (C=O) groups is 2. The summed E-state index contributed by atoms with van der Waals surface area (Å²) < 4.78 is 6.55. The van der Waals surface area contributed by atoms with Gasteiger partial charge in [-0.15, -0.1) is 0 Å². The van der Waals surface area contributed by atoms with Gasteiger partial charge in [-0.25, -0.2) is 4.79 Å². The Kier molecular flexibility index (Phi) is 5.56. The lowest BCUT2D eigenvalue weighted by atomic mass is 10.1. The Hall–Kier alpha value is -3.52. The lowest BCUT2D eigenvalue weighted by Crippen LogP contribution is -2.33. The van der Waals surface area contributed by atoms with Crippen LogP contribution in [0, 0.1) is 11.8 Å². The third kappa shape index (κ3) is 3.82. The summed E-state index contributed by atoms with van der Waals surface area (Å²) in [5.74, 6) is 4.62. The minimum Gasteiger partial charge on any atom is -0.394 e. The zero-order valence-corrected chi connectivity index (χ0v) is 16.3. The molecular weight excluding hydrogens is 406 g/mol. The molecule has 1 unspecified atom stereocenters. The number of aromatic nitrogens is 2. The van der Waals surface area contributed by atoms with E-state index in [-0.39, 0.29) is 36.8 Å². The molecule has 2 amide bonds. The molecule has 1 saturated heterocycles. The van der Waals surface area contributed by atoms with E-state index in [9.17, 15) is 29.4 Å². The number of fused-ring (bicyclic) bond motifs is 1. The molecule has 0 saturated carbocycles. The molecule has 3 N–H and O–H groups in total. The van der Waals surface area contributed by atoms with Gasteiger partial charge in [-0.05, 0) is 12.1 Å². The Morgan fingerprint density at radius 1 is 1.13 bits per heavy atom. The van der Waals surface area contributed by atoms with Crippen LogP contribution in [-0.4, -0.2) is 61.8 Å². The molecule has 2 aromatic rings. The number of aromatic amines is 1. The first-order chi connectivity index (χ1) is 14.9. The van der Waals surface area contributed by atoms with Crippen molar-refractivity contribution in [3.63, 3.8) is 0 Å². The van der Waals surface area contributed by atoms with Crippen molar-refractivity contribution >= 4 is 11.8 Å². The number of nitrogens with one attached hydrogen (secondary N) is 1. The van der Waals surface area contributed by atoms with E-state index >= 15 is 0 Å². The van der Waals surface area contributed by atoms with Crippen LogP contribution < -0.4 is 11.2 Å². The van der Waals surface area contributed by atoms with E-state index in [4.69, 9.17) is 4.74 Å². The number of nitrogens with zero attached hydrogens (tertiary/aromatic N) is 2. The number of ether oxygens (including phenoxy) is 1.